The summed E-state index contributed by atoms with van der Waals surface area (Å²) in [4.78, 5) is 10.2. The summed E-state index contributed by atoms with van der Waals surface area (Å²) in [6, 6.07) is 4.36. The van der Waals surface area contributed by atoms with E-state index >= 15 is 0 Å². The molecule has 0 saturated heterocycles. The smallest absolute Gasteiger partial charge is 0.406 e. The number of nitrogens with two attached hydrogens (primary N) is 2. The summed E-state index contributed by atoms with van der Waals surface area (Å²) in [5, 5.41) is 0. The van der Waals surface area contributed by atoms with Crippen molar-refractivity contribution < 1.29 is 17.9 Å². The van der Waals surface area contributed by atoms with Crippen LogP contribution < -0.4 is 21.1 Å². The van der Waals surface area contributed by atoms with Crippen LogP contribution in [0.4, 0.5) is 18.9 Å². The van der Waals surface area contributed by atoms with Crippen LogP contribution in [0.1, 0.15) is 37.7 Å². The number of aryl methyl sites for hydroxylation is 1. The van der Waals surface area contributed by atoms with Crippen LogP contribution in [0.5, 0.6) is 5.75 Å². The maximum atomic E-state index is 12.6. The summed E-state index contributed by atoms with van der Waals surface area (Å²) in [7, 11) is 0. The average Bonchev–Trinajstić information content (AvgIpc) is 2.44. The molecule has 1 aliphatic heterocycles. The summed E-state index contributed by atoms with van der Waals surface area (Å²) in [6.45, 7) is 1.69. The second kappa shape index (κ2) is 6.12. The molecule has 0 radical (unpaired) electrons. The minimum Gasteiger partial charge on any atom is -0.406 e. The maximum absolute atomic E-state index is 12.6. The third kappa shape index (κ3) is 3.64. The first-order valence-electron chi connectivity index (χ1n) is 8.06. The van der Waals surface area contributed by atoms with Crippen LogP contribution in [0.2, 0.25) is 0 Å². The van der Waals surface area contributed by atoms with Gasteiger partial charge in [0.15, 0.2) is 0 Å². The van der Waals surface area contributed by atoms with Gasteiger partial charge in [0.1, 0.15) is 11.4 Å². The van der Waals surface area contributed by atoms with Gasteiger partial charge in [-0.15, -0.1) is 13.2 Å². The van der Waals surface area contributed by atoms with E-state index in [9.17, 15) is 13.2 Å². The van der Waals surface area contributed by atoms with Gasteiger partial charge in [0.05, 0.1) is 5.69 Å². The van der Waals surface area contributed by atoms with Crippen molar-refractivity contribution in [1.82, 2.24) is 0 Å². The SMILES string of the molecule is Cc1cc(OC(F)(F)F)cc(N2C(N)=NC(N)=NC23CCCCC3)c1. The highest BCUT2D eigenvalue weighted by molar-refractivity contribution is 6.05. The van der Waals surface area contributed by atoms with Gasteiger partial charge in [0.25, 0.3) is 0 Å². The fourth-order valence-electron chi connectivity index (χ4n) is 3.54. The van der Waals surface area contributed by atoms with Crippen LogP contribution in [-0.4, -0.2) is 23.9 Å². The van der Waals surface area contributed by atoms with Crippen molar-refractivity contribution >= 4 is 17.6 Å². The van der Waals surface area contributed by atoms with Crippen molar-refractivity contribution in [3.63, 3.8) is 0 Å². The topological polar surface area (TPSA) is 89.2 Å². The summed E-state index contributed by atoms with van der Waals surface area (Å²) < 4.78 is 41.9. The molecule has 25 heavy (non-hydrogen) atoms. The van der Waals surface area contributed by atoms with E-state index in [1.165, 1.54) is 12.1 Å². The van der Waals surface area contributed by atoms with E-state index in [0.717, 1.165) is 19.3 Å². The quantitative estimate of drug-likeness (QED) is 0.853. The van der Waals surface area contributed by atoms with Gasteiger partial charge >= 0.3 is 6.36 Å². The normalized spacial score (nSPS) is 20.2. The largest absolute Gasteiger partial charge is 0.573 e. The lowest BCUT2D eigenvalue weighted by Crippen LogP contribution is -2.58. The lowest BCUT2D eigenvalue weighted by Gasteiger charge is -2.45. The first kappa shape index (κ1) is 17.4. The van der Waals surface area contributed by atoms with Crippen molar-refractivity contribution in [2.24, 2.45) is 21.5 Å². The van der Waals surface area contributed by atoms with Crippen LogP contribution in [0.3, 0.4) is 0 Å². The molecule has 1 fully saturated rings. The monoisotopic (exact) mass is 355 g/mol. The molecule has 0 atom stereocenters. The van der Waals surface area contributed by atoms with Crippen LogP contribution >= 0.6 is 0 Å². The molecule has 1 saturated carbocycles. The molecule has 6 nitrogen and oxygen atoms in total. The van der Waals surface area contributed by atoms with E-state index in [-0.39, 0.29) is 17.7 Å². The Morgan fingerprint density at radius 1 is 1.12 bits per heavy atom. The third-order valence-electron chi connectivity index (χ3n) is 4.38. The van der Waals surface area contributed by atoms with E-state index < -0.39 is 12.0 Å². The first-order chi connectivity index (χ1) is 11.7. The van der Waals surface area contributed by atoms with Crippen LogP contribution in [0, 0.1) is 6.92 Å². The highest BCUT2D eigenvalue weighted by Crippen LogP contribution is 2.41. The second-order valence-electron chi connectivity index (χ2n) is 6.37. The molecule has 1 aromatic carbocycles. The molecule has 136 valence electrons. The molecular formula is C16H20F3N5O. The minimum absolute atomic E-state index is 0.0927. The molecule has 0 bridgehead atoms. The number of nitrogens with zero attached hydrogens (tertiary/aromatic N) is 3. The molecule has 9 heteroatoms. The van der Waals surface area contributed by atoms with E-state index in [0.29, 0.717) is 24.1 Å². The average molecular weight is 355 g/mol. The van der Waals surface area contributed by atoms with Crippen LogP contribution in [0.15, 0.2) is 28.2 Å². The fraction of sp³-hybridized carbons (Fsp3) is 0.500. The van der Waals surface area contributed by atoms with Gasteiger partial charge < -0.3 is 16.2 Å². The summed E-state index contributed by atoms with van der Waals surface area (Å²) >= 11 is 0. The standard InChI is InChI=1S/C16H20F3N5O/c1-10-7-11(9-12(8-10)25-16(17,18)19)24-14(21)22-13(20)23-15(24)5-3-2-4-6-15/h7-9H,2-6H2,1H3,(H4,20,21,22,23). The fourth-order valence-corrected chi connectivity index (χ4v) is 3.54. The number of alkyl halides is 3. The van der Waals surface area contributed by atoms with Crippen molar-refractivity contribution in [3.8, 4) is 5.75 Å². The van der Waals surface area contributed by atoms with E-state index in [1.54, 1.807) is 17.9 Å². The zero-order valence-electron chi connectivity index (χ0n) is 13.8. The summed E-state index contributed by atoms with van der Waals surface area (Å²) in [5.74, 6) is -0.0863. The van der Waals surface area contributed by atoms with Gasteiger partial charge in [-0.25, -0.2) is 4.99 Å². The number of ether oxygens (including phenoxy) is 1. The molecule has 0 amide bonds. The predicted molar refractivity (Wildman–Crippen MR) is 89.4 cm³/mol. The number of anilines is 1. The molecule has 1 spiro atoms. The van der Waals surface area contributed by atoms with Gasteiger partial charge in [0.2, 0.25) is 11.9 Å². The molecule has 0 aromatic heterocycles. The Labute approximate surface area is 143 Å². The zero-order valence-corrected chi connectivity index (χ0v) is 13.8. The van der Waals surface area contributed by atoms with Crippen LogP contribution in [-0.2, 0) is 0 Å². The molecule has 0 unspecified atom stereocenters. The first-order valence-corrected chi connectivity index (χ1v) is 8.06. The lowest BCUT2D eigenvalue weighted by molar-refractivity contribution is -0.274. The highest BCUT2D eigenvalue weighted by Gasteiger charge is 2.43. The number of hydrogen-bond acceptors (Lipinski definition) is 6. The Hall–Kier alpha value is -2.45. The molecule has 1 heterocycles. The molecule has 1 aliphatic carbocycles. The Balaban J connectivity index is 2.05. The second-order valence-corrected chi connectivity index (χ2v) is 6.37. The number of benzene rings is 1. The van der Waals surface area contributed by atoms with Gasteiger partial charge in [0, 0.05) is 6.07 Å². The van der Waals surface area contributed by atoms with Crippen LogP contribution in [0.25, 0.3) is 0 Å². The third-order valence-corrected chi connectivity index (χ3v) is 4.38. The van der Waals surface area contributed by atoms with Gasteiger partial charge in [-0.1, -0.05) is 6.42 Å². The Morgan fingerprint density at radius 2 is 1.80 bits per heavy atom. The Kier molecular flexibility index (Phi) is 4.26. The van der Waals surface area contributed by atoms with Crippen molar-refractivity contribution in [1.29, 1.82) is 0 Å². The number of guanidine groups is 2. The number of aliphatic imine (C=N–C) groups is 2. The predicted octanol–water partition coefficient (Wildman–Crippen LogP) is 3.00. The van der Waals surface area contributed by atoms with Gasteiger partial charge in [-0.2, -0.15) is 4.99 Å². The highest BCUT2D eigenvalue weighted by atomic mass is 19.4. The van der Waals surface area contributed by atoms with Gasteiger partial charge in [-0.3, -0.25) is 4.90 Å². The van der Waals surface area contributed by atoms with Crippen molar-refractivity contribution in [2.75, 3.05) is 4.90 Å². The molecule has 3 rings (SSSR count). The lowest BCUT2D eigenvalue weighted by atomic mass is 9.87. The summed E-state index contributed by atoms with van der Waals surface area (Å²) in [5.41, 5.74) is 12.2. The Bertz CT molecular complexity index is 723. The molecule has 4 N–H and O–H groups in total. The Morgan fingerprint density at radius 3 is 2.44 bits per heavy atom. The summed E-state index contributed by atoms with van der Waals surface area (Å²) in [6.07, 6.45) is -0.437. The molecule has 2 aliphatic rings. The molecule has 1 aromatic rings. The van der Waals surface area contributed by atoms with E-state index in [4.69, 9.17) is 11.5 Å². The van der Waals surface area contributed by atoms with E-state index in [1.807, 2.05) is 0 Å². The zero-order chi connectivity index (χ0) is 18.2. The minimum atomic E-state index is -4.77. The maximum Gasteiger partial charge on any atom is 0.573 e. The number of halogens is 3. The van der Waals surface area contributed by atoms with Crippen molar-refractivity contribution in [2.45, 2.75) is 51.1 Å². The molecular weight excluding hydrogens is 335 g/mol. The van der Waals surface area contributed by atoms with E-state index in [2.05, 4.69) is 14.7 Å². The number of rotatable bonds is 2. The van der Waals surface area contributed by atoms with Gasteiger partial charge in [-0.05, 0) is 50.3 Å². The number of hydrogen-bond donors (Lipinski definition) is 2. The van der Waals surface area contributed by atoms with Crippen molar-refractivity contribution in [3.05, 3.63) is 23.8 Å².